The van der Waals surface area contributed by atoms with Gasteiger partial charge in [-0.3, -0.25) is 0 Å². The number of fused-ring (bicyclic) bond motifs is 1. The molecule has 1 unspecified atom stereocenters. The van der Waals surface area contributed by atoms with Gasteiger partial charge >= 0.3 is 0 Å². The van der Waals surface area contributed by atoms with E-state index in [-0.39, 0.29) is 5.82 Å². The maximum absolute atomic E-state index is 14.0. The summed E-state index contributed by atoms with van der Waals surface area (Å²) < 4.78 is 14.8. The summed E-state index contributed by atoms with van der Waals surface area (Å²) in [5.74, 6) is 0.286. The summed E-state index contributed by atoms with van der Waals surface area (Å²) in [4.78, 5) is 2.25. The first kappa shape index (κ1) is 14.5. The molecule has 2 aromatic rings. The Morgan fingerprint density at radius 3 is 2.81 bits per heavy atom. The van der Waals surface area contributed by atoms with Crippen molar-refractivity contribution in [1.29, 1.82) is 0 Å². The molecule has 0 fully saturated rings. The number of nitrogens with zero attached hydrogens (tertiary/aromatic N) is 1. The van der Waals surface area contributed by atoms with Crippen molar-refractivity contribution in [3.63, 3.8) is 0 Å². The minimum absolute atomic E-state index is 0.163. The maximum atomic E-state index is 14.0. The zero-order chi connectivity index (χ0) is 14.8. The summed E-state index contributed by atoms with van der Waals surface area (Å²) >= 11 is 3.30. The van der Waals surface area contributed by atoms with Crippen molar-refractivity contribution in [2.45, 2.75) is 18.9 Å². The van der Waals surface area contributed by atoms with Crippen LogP contribution in [-0.2, 0) is 6.54 Å². The average molecular weight is 349 g/mol. The lowest BCUT2D eigenvalue weighted by Crippen LogP contribution is -2.22. The highest BCUT2D eigenvalue weighted by Gasteiger charge is 2.27. The summed E-state index contributed by atoms with van der Waals surface area (Å²) in [6.07, 6.45) is 0.969. The van der Waals surface area contributed by atoms with E-state index in [0.29, 0.717) is 19.0 Å². The Labute approximate surface area is 132 Å². The van der Waals surface area contributed by atoms with Gasteiger partial charge < -0.3 is 10.6 Å². The molecule has 1 atom stereocenters. The molecule has 2 aromatic carbocycles. The number of benzene rings is 2. The first-order valence-electron chi connectivity index (χ1n) is 7.17. The number of para-hydroxylation sites is 1. The van der Waals surface area contributed by atoms with Crippen LogP contribution < -0.4 is 10.6 Å². The van der Waals surface area contributed by atoms with Crippen LogP contribution in [0.25, 0.3) is 0 Å². The fourth-order valence-electron chi connectivity index (χ4n) is 3.04. The summed E-state index contributed by atoms with van der Waals surface area (Å²) in [5.41, 5.74) is 8.98. The van der Waals surface area contributed by atoms with Gasteiger partial charge in [-0.25, -0.2) is 4.39 Å². The molecule has 3 rings (SSSR count). The molecule has 110 valence electrons. The van der Waals surface area contributed by atoms with Gasteiger partial charge in [0.25, 0.3) is 0 Å². The molecule has 0 spiro atoms. The second-order valence-electron chi connectivity index (χ2n) is 5.45. The molecule has 0 aliphatic carbocycles. The lowest BCUT2D eigenvalue weighted by molar-refractivity contribution is 0.596. The molecule has 0 aromatic heterocycles. The standard InChI is InChI=1S/C17H18BrFN2/c18-14-6-5-13(16(19)9-14)11-21-10-12(7-8-20)15-3-1-2-4-17(15)21/h1-6,9,12H,7-8,10-11,20H2. The SMILES string of the molecule is NCCC1CN(Cc2ccc(Br)cc2F)c2ccccc21. The van der Waals surface area contributed by atoms with Gasteiger partial charge in [-0.1, -0.05) is 40.2 Å². The van der Waals surface area contributed by atoms with Crippen molar-refractivity contribution >= 4 is 21.6 Å². The molecule has 1 heterocycles. The van der Waals surface area contributed by atoms with Crippen molar-refractivity contribution in [3.8, 4) is 0 Å². The van der Waals surface area contributed by atoms with Crippen LogP contribution in [0.4, 0.5) is 10.1 Å². The van der Waals surface area contributed by atoms with Crippen LogP contribution in [0.2, 0.25) is 0 Å². The van der Waals surface area contributed by atoms with Crippen molar-refractivity contribution < 1.29 is 4.39 Å². The Kier molecular flexibility index (Phi) is 4.27. The van der Waals surface area contributed by atoms with E-state index in [1.807, 2.05) is 18.2 Å². The maximum Gasteiger partial charge on any atom is 0.129 e. The van der Waals surface area contributed by atoms with Crippen LogP contribution in [-0.4, -0.2) is 13.1 Å². The Bertz CT molecular complexity index is 644. The quantitative estimate of drug-likeness (QED) is 0.903. The third kappa shape index (κ3) is 2.97. The second kappa shape index (κ2) is 6.16. The van der Waals surface area contributed by atoms with Crippen LogP contribution in [0, 0.1) is 5.82 Å². The molecule has 4 heteroatoms. The topological polar surface area (TPSA) is 29.3 Å². The fraction of sp³-hybridized carbons (Fsp3) is 0.294. The van der Waals surface area contributed by atoms with E-state index in [2.05, 4.69) is 39.0 Å². The Morgan fingerprint density at radius 1 is 1.24 bits per heavy atom. The van der Waals surface area contributed by atoms with E-state index in [0.717, 1.165) is 23.0 Å². The summed E-state index contributed by atoms with van der Waals surface area (Å²) in [5, 5.41) is 0. The van der Waals surface area contributed by atoms with Crippen LogP contribution in [0.3, 0.4) is 0 Å². The smallest absolute Gasteiger partial charge is 0.129 e. The van der Waals surface area contributed by atoms with Gasteiger partial charge in [-0.05, 0) is 36.7 Å². The predicted molar refractivity (Wildman–Crippen MR) is 88.0 cm³/mol. The number of rotatable bonds is 4. The normalized spacial score (nSPS) is 17.1. The van der Waals surface area contributed by atoms with Crippen molar-refractivity contribution in [3.05, 3.63) is 63.9 Å². The number of anilines is 1. The zero-order valence-electron chi connectivity index (χ0n) is 11.7. The van der Waals surface area contributed by atoms with E-state index in [9.17, 15) is 4.39 Å². The van der Waals surface area contributed by atoms with Gasteiger partial charge in [0.2, 0.25) is 0 Å². The van der Waals surface area contributed by atoms with Gasteiger partial charge in [0.15, 0.2) is 0 Å². The van der Waals surface area contributed by atoms with E-state index in [4.69, 9.17) is 5.73 Å². The largest absolute Gasteiger partial charge is 0.366 e. The van der Waals surface area contributed by atoms with Gasteiger partial charge in [-0.15, -0.1) is 0 Å². The highest BCUT2D eigenvalue weighted by atomic mass is 79.9. The van der Waals surface area contributed by atoms with Gasteiger partial charge in [0.05, 0.1) is 0 Å². The molecule has 1 aliphatic heterocycles. The minimum Gasteiger partial charge on any atom is -0.366 e. The van der Waals surface area contributed by atoms with Gasteiger partial charge in [-0.2, -0.15) is 0 Å². The first-order valence-corrected chi connectivity index (χ1v) is 7.96. The highest BCUT2D eigenvalue weighted by Crippen LogP contribution is 2.38. The molecular weight excluding hydrogens is 331 g/mol. The number of nitrogens with two attached hydrogens (primary N) is 1. The molecule has 2 N–H and O–H groups in total. The Hall–Kier alpha value is -1.39. The molecule has 2 nitrogen and oxygen atoms in total. The predicted octanol–water partition coefficient (Wildman–Crippen LogP) is 4.04. The van der Waals surface area contributed by atoms with Crippen molar-refractivity contribution in [2.75, 3.05) is 18.0 Å². The highest BCUT2D eigenvalue weighted by molar-refractivity contribution is 9.10. The van der Waals surface area contributed by atoms with E-state index >= 15 is 0 Å². The molecule has 0 amide bonds. The molecule has 0 radical (unpaired) electrons. The second-order valence-corrected chi connectivity index (χ2v) is 6.37. The molecule has 1 aliphatic rings. The van der Waals surface area contributed by atoms with Crippen molar-refractivity contribution in [2.24, 2.45) is 5.73 Å². The zero-order valence-corrected chi connectivity index (χ0v) is 13.3. The van der Waals surface area contributed by atoms with Gasteiger partial charge in [0.1, 0.15) is 5.82 Å². The van der Waals surface area contributed by atoms with Crippen molar-refractivity contribution in [1.82, 2.24) is 0 Å². The average Bonchev–Trinajstić information content (AvgIpc) is 2.81. The van der Waals surface area contributed by atoms with Gasteiger partial charge in [0, 0.05) is 34.7 Å². The molecule has 0 bridgehead atoms. The summed E-state index contributed by atoms with van der Waals surface area (Å²) in [6, 6.07) is 13.6. The molecular formula is C17H18BrFN2. The van der Waals surface area contributed by atoms with Crippen LogP contribution in [0.1, 0.15) is 23.5 Å². The molecule has 21 heavy (non-hydrogen) atoms. The fourth-order valence-corrected chi connectivity index (χ4v) is 3.37. The van der Waals surface area contributed by atoms with Crippen LogP contribution >= 0.6 is 15.9 Å². The third-order valence-electron chi connectivity index (χ3n) is 4.05. The molecule has 0 saturated heterocycles. The Balaban J connectivity index is 1.86. The van der Waals surface area contributed by atoms with E-state index < -0.39 is 0 Å². The van der Waals surface area contributed by atoms with E-state index in [1.165, 1.54) is 17.3 Å². The summed E-state index contributed by atoms with van der Waals surface area (Å²) in [6.45, 7) is 2.18. The third-order valence-corrected chi connectivity index (χ3v) is 4.54. The van der Waals surface area contributed by atoms with E-state index in [1.54, 1.807) is 0 Å². The molecule has 0 saturated carbocycles. The minimum atomic E-state index is -0.163. The number of hydrogen-bond donors (Lipinski definition) is 1. The Morgan fingerprint density at radius 2 is 2.05 bits per heavy atom. The lowest BCUT2D eigenvalue weighted by Gasteiger charge is -2.20. The monoisotopic (exact) mass is 348 g/mol. The van der Waals surface area contributed by atoms with Crippen LogP contribution in [0.15, 0.2) is 46.9 Å². The lowest BCUT2D eigenvalue weighted by atomic mass is 9.98. The van der Waals surface area contributed by atoms with Crippen LogP contribution in [0.5, 0.6) is 0 Å². The number of hydrogen-bond acceptors (Lipinski definition) is 2. The number of halogens is 2. The first-order chi connectivity index (χ1) is 10.2. The summed E-state index contributed by atoms with van der Waals surface area (Å²) in [7, 11) is 0.